The van der Waals surface area contributed by atoms with Crippen LogP contribution in [0, 0.1) is 15.9 Å². The van der Waals surface area contributed by atoms with Crippen molar-refractivity contribution >= 4 is 29.1 Å². The number of hydrogen-bond acceptors (Lipinski definition) is 9. The fourth-order valence-electron chi connectivity index (χ4n) is 4.41. The van der Waals surface area contributed by atoms with E-state index in [1.807, 2.05) is 0 Å². The van der Waals surface area contributed by atoms with E-state index in [0.29, 0.717) is 37.7 Å². The molecule has 0 aliphatic carbocycles. The molecule has 0 saturated carbocycles. The number of aromatic nitrogens is 1. The van der Waals surface area contributed by atoms with E-state index in [-0.39, 0.29) is 17.9 Å². The standard InChI is InChI=1S/C28H22FN3O7S/c1-4-38-27(34)24-15(2)30-28-31(25(24)16-5-8-18(37-3)9-6-16)26(33)23(40-28)14-19-10-12-22(39-19)17-7-11-20(29)21(13-17)32(35)36/h5-14,25H,4H2,1-3H3/b23-14-/t25-/m0/s1. The van der Waals surface area contributed by atoms with Gasteiger partial charge in [0.1, 0.15) is 17.3 Å². The van der Waals surface area contributed by atoms with Crippen LogP contribution in [0.2, 0.25) is 0 Å². The predicted molar refractivity (Wildman–Crippen MR) is 144 cm³/mol. The van der Waals surface area contributed by atoms with Gasteiger partial charge in [-0.1, -0.05) is 23.5 Å². The van der Waals surface area contributed by atoms with Crippen molar-refractivity contribution in [3.05, 3.63) is 113 Å². The van der Waals surface area contributed by atoms with Crippen LogP contribution in [0.1, 0.15) is 31.2 Å². The zero-order chi connectivity index (χ0) is 28.6. The summed E-state index contributed by atoms with van der Waals surface area (Å²) in [5.41, 5.74) is 0.603. The molecule has 0 bridgehead atoms. The van der Waals surface area contributed by atoms with Crippen LogP contribution in [0.25, 0.3) is 17.4 Å². The van der Waals surface area contributed by atoms with Crippen LogP contribution in [0.15, 0.2) is 80.1 Å². The predicted octanol–water partition coefficient (Wildman–Crippen LogP) is 4.11. The Bertz CT molecular complexity index is 1850. The Labute approximate surface area is 230 Å². The first kappa shape index (κ1) is 26.8. The summed E-state index contributed by atoms with van der Waals surface area (Å²) in [7, 11) is 1.55. The van der Waals surface area contributed by atoms with Gasteiger partial charge in [0.15, 0.2) is 4.80 Å². The maximum absolute atomic E-state index is 13.8. The van der Waals surface area contributed by atoms with Crippen LogP contribution >= 0.6 is 11.3 Å². The number of nitrogens with zero attached hydrogens (tertiary/aromatic N) is 3. The van der Waals surface area contributed by atoms with Crippen LogP contribution < -0.4 is 19.6 Å². The van der Waals surface area contributed by atoms with Crippen LogP contribution in [0.4, 0.5) is 10.1 Å². The molecule has 40 heavy (non-hydrogen) atoms. The largest absolute Gasteiger partial charge is 0.497 e. The Balaban J connectivity index is 1.61. The number of carbonyl (C=O) groups is 1. The summed E-state index contributed by atoms with van der Waals surface area (Å²) in [5.74, 6) is -0.337. The zero-order valence-corrected chi connectivity index (χ0v) is 22.4. The Morgan fingerprint density at radius 2 is 1.98 bits per heavy atom. The molecule has 1 aliphatic heterocycles. The topological polar surface area (TPSA) is 126 Å². The minimum atomic E-state index is -0.953. The Kier molecular flexibility index (Phi) is 7.18. The number of thiazole rings is 1. The summed E-state index contributed by atoms with van der Waals surface area (Å²) in [6.45, 7) is 3.56. The number of methoxy groups -OCH3 is 1. The average Bonchev–Trinajstić information content (AvgIpc) is 3.52. The molecule has 0 unspecified atom stereocenters. The third-order valence-corrected chi connectivity index (χ3v) is 7.26. The number of fused-ring (bicyclic) bond motifs is 1. The van der Waals surface area contributed by atoms with Gasteiger partial charge >= 0.3 is 11.7 Å². The van der Waals surface area contributed by atoms with Crippen LogP contribution in [0.3, 0.4) is 0 Å². The highest BCUT2D eigenvalue weighted by atomic mass is 32.1. The first-order chi connectivity index (χ1) is 19.2. The Morgan fingerprint density at radius 3 is 2.65 bits per heavy atom. The second kappa shape index (κ2) is 10.7. The molecule has 3 heterocycles. The van der Waals surface area contributed by atoms with Gasteiger partial charge in [0.25, 0.3) is 5.56 Å². The molecule has 2 aromatic heterocycles. The molecule has 0 radical (unpaired) electrons. The lowest BCUT2D eigenvalue weighted by Crippen LogP contribution is -2.39. The van der Waals surface area contributed by atoms with Crippen molar-refractivity contribution in [1.82, 2.24) is 4.57 Å². The molecule has 1 atom stereocenters. The van der Waals surface area contributed by atoms with Crippen molar-refractivity contribution in [2.75, 3.05) is 13.7 Å². The van der Waals surface area contributed by atoms with Crippen LogP contribution in [-0.2, 0) is 9.53 Å². The number of allylic oxidation sites excluding steroid dienone is 1. The first-order valence-corrected chi connectivity index (χ1v) is 12.9. The number of furan rings is 1. The van der Waals surface area contributed by atoms with Gasteiger partial charge in [0.05, 0.1) is 40.5 Å². The number of hydrogen-bond donors (Lipinski definition) is 0. The van der Waals surface area contributed by atoms with Gasteiger partial charge in [0, 0.05) is 17.7 Å². The van der Waals surface area contributed by atoms with E-state index in [1.165, 1.54) is 16.7 Å². The van der Waals surface area contributed by atoms with E-state index in [9.17, 15) is 24.1 Å². The molecule has 2 aromatic carbocycles. The van der Waals surface area contributed by atoms with E-state index in [0.717, 1.165) is 23.5 Å². The van der Waals surface area contributed by atoms with Gasteiger partial charge in [0.2, 0.25) is 5.82 Å². The molecule has 0 N–H and O–H groups in total. The van der Waals surface area contributed by atoms with E-state index < -0.39 is 34.0 Å². The molecular weight excluding hydrogens is 541 g/mol. The van der Waals surface area contributed by atoms with Gasteiger partial charge in [-0.15, -0.1) is 0 Å². The number of nitro benzene ring substituents is 1. The quantitative estimate of drug-likeness (QED) is 0.188. The maximum atomic E-state index is 13.8. The summed E-state index contributed by atoms with van der Waals surface area (Å²) in [5, 5.41) is 11.1. The fourth-order valence-corrected chi connectivity index (χ4v) is 5.44. The zero-order valence-electron chi connectivity index (χ0n) is 21.5. The lowest BCUT2D eigenvalue weighted by molar-refractivity contribution is -0.387. The third kappa shape index (κ3) is 4.84. The molecular formula is C28H22FN3O7S. The number of halogens is 1. The van der Waals surface area contributed by atoms with Gasteiger partial charge in [-0.05, 0) is 55.8 Å². The van der Waals surface area contributed by atoms with E-state index in [2.05, 4.69) is 4.99 Å². The Morgan fingerprint density at radius 1 is 1.23 bits per heavy atom. The Hall–Kier alpha value is -4.84. The second-order valence-corrected chi connectivity index (χ2v) is 9.71. The number of esters is 1. The molecule has 5 rings (SSSR count). The van der Waals surface area contributed by atoms with Crippen molar-refractivity contribution in [2.24, 2.45) is 4.99 Å². The highest BCUT2D eigenvalue weighted by molar-refractivity contribution is 7.07. The monoisotopic (exact) mass is 563 g/mol. The number of ether oxygens (including phenoxy) is 2. The molecule has 0 amide bonds. The van der Waals surface area contributed by atoms with Crippen LogP contribution in [-0.4, -0.2) is 29.2 Å². The van der Waals surface area contributed by atoms with Crippen molar-refractivity contribution < 1.29 is 28.0 Å². The van der Waals surface area contributed by atoms with E-state index in [4.69, 9.17) is 13.9 Å². The molecule has 0 saturated heterocycles. The molecule has 4 aromatic rings. The molecule has 204 valence electrons. The lowest BCUT2D eigenvalue weighted by atomic mass is 9.96. The van der Waals surface area contributed by atoms with Crippen molar-refractivity contribution in [3.8, 4) is 17.1 Å². The highest BCUT2D eigenvalue weighted by Gasteiger charge is 2.33. The maximum Gasteiger partial charge on any atom is 0.338 e. The van der Waals surface area contributed by atoms with Crippen molar-refractivity contribution in [1.29, 1.82) is 0 Å². The lowest BCUT2D eigenvalue weighted by Gasteiger charge is -2.24. The SMILES string of the molecule is CCOC(=O)C1=C(C)N=c2s/c(=C\c3ccc(-c4ccc(F)c([N+](=O)[O-])c4)o3)c(=O)n2[C@H]1c1ccc(OC)cc1. The minimum Gasteiger partial charge on any atom is -0.497 e. The van der Waals surface area contributed by atoms with E-state index in [1.54, 1.807) is 57.4 Å². The van der Waals surface area contributed by atoms with E-state index >= 15 is 0 Å². The van der Waals surface area contributed by atoms with Gasteiger partial charge in [-0.25, -0.2) is 9.79 Å². The molecule has 1 aliphatic rings. The van der Waals surface area contributed by atoms with Gasteiger partial charge < -0.3 is 13.9 Å². The molecule has 0 fully saturated rings. The second-order valence-electron chi connectivity index (χ2n) is 8.70. The van der Waals surface area contributed by atoms with Crippen molar-refractivity contribution in [2.45, 2.75) is 19.9 Å². The smallest absolute Gasteiger partial charge is 0.338 e. The number of carbonyl (C=O) groups excluding carboxylic acids is 1. The minimum absolute atomic E-state index is 0.160. The summed E-state index contributed by atoms with van der Waals surface area (Å²) in [6, 6.07) is 12.9. The first-order valence-electron chi connectivity index (χ1n) is 12.1. The number of rotatable bonds is 7. The molecule has 0 spiro atoms. The van der Waals surface area contributed by atoms with Gasteiger partial charge in [-0.2, -0.15) is 4.39 Å². The summed E-state index contributed by atoms with van der Waals surface area (Å²) in [4.78, 5) is 41.9. The number of benzene rings is 2. The van der Waals surface area contributed by atoms with Crippen molar-refractivity contribution in [3.63, 3.8) is 0 Å². The third-order valence-electron chi connectivity index (χ3n) is 6.28. The number of nitro groups is 1. The average molecular weight is 564 g/mol. The summed E-state index contributed by atoms with van der Waals surface area (Å²) >= 11 is 1.13. The molecule has 10 nitrogen and oxygen atoms in total. The fraction of sp³-hybridized carbons (Fsp3) is 0.179. The molecule has 12 heteroatoms. The summed E-state index contributed by atoms with van der Waals surface area (Å²) < 4.78 is 31.9. The van der Waals surface area contributed by atoms with Crippen LogP contribution in [0.5, 0.6) is 5.75 Å². The summed E-state index contributed by atoms with van der Waals surface area (Å²) in [6.07, 6.45) is 1.53. The normalized spacial score (nSPS) is 15.0. The highest BCUT2D eigenvalue weighted by Crippen LogP contribution is 2.32. The van der Waals surface area contributed by atoms with Gasteiger partial charge in [-0.3, -0.25) is 19.5 Å².